The van der Waals surface area contributed by atoms with Gasteiger partial charge in [0, 0.05) is 19.2 Å². The molecule has 8 nitrogen and oxygen atoms in total. The monoisotopic (exact) mass is 441 g/mol. The molecular formula is C24H27NO7. The second-order valence-corrected chi connectivity index (χ2v) is 7.33. The molecule has 0 unspecified atom stereocenters. The van der Waals surface area contributed by atoms with Gasteiger partial charge in [-0.05, 0) is 55.3 Å². The van der Waals surface area contributed by atoms with E-state index in [-0.39, 0.29) is 36.0 Å². The van der Waals surface area contributed by atoms with Gasteiger partial charge in [0.05, 0.1) is 31.9 Å². The van der Waals surface area contributed by atoms with Crippen LogP contribution in [0.1, 0.15) is 29.7 Å². The Hall–Kier alpha value is -3.52. The fourth-order valence-corrected chi connectivity index (χ4v) is 3.79. The van der Waals surface area contributed by atoms with Gasteiger partial charge in [0.2, 0.25) is 0 Å². The second-order valence-electron chi connectivity index (χ2n) is 7.33. The van der Waals surface area contributed by atoms with Crippen molar-refractivity contribution in [2.75, 3.05) is 34.0 Å². The van der Waals surface area contributed by atoms with Gasteiger partial charge < -0.3 is 29.3 Å². The van der Waals surface area contributed by atoms with Crippen LogP contribution < -0.4 is 9.47 Å². The van der Waals surface area contributed by atoms with Gasteiger partial charge in [-0.3, -0.25) is 9.59 Å². The number of likely N-dealkylation sites (tertiary alicyclic amines) is 1. The predicted octanol–water partition coefficient (Wildman–Crippen LogP) is 3.18. The Morgan fingerprint density at radius 3 is 2.50 bits per heavy atom. The molecule has 0 aromatic heterocycles. The van der Waals surface area contributed by atoms with Crippen LogP contribution in [0.3, 0.4) is 0 Å². The average molecular weight is 441 g/mol. The minimum atomic E-state index is -0.869. The van der Waals surface area contributed by atoms with Crippen LogP contribution in [0, 0.1) is 6.92 Å². The number of hydrogen-bond acceptors (Lipinski definition) is 7. The predicted molar refractivity (Wildman–Crippen MR) is 118 cm³/mol. The van der Waals surface area contributed by atoms with Gasteiger partial charge in [-0.25, -0.2) is 0 Å². The van der Waals surface area contributed by atoms with Crippen LogP contribution >= 0.6 is 0 Å². The maximum atomic E-state index is 13.0. The van der Waals surface area contributed by atoms with E-state index >= 15 is 0 Å². The molecule has 1 saturated heterocycles. The van der Waals surface area contributed by atoms with E-state index in [1.165, 1.54) is 25.2 Å². The van der Waals surface area contributed by atoms with E-state index in [2.05, 4.69) is 0 Å². The van der Waals surface area contributed by atoms with E-state index in [1.54, 1.807) is 44.2 Å². The minimum Gasteiger partial charge on any atom is -0.507 e. The van der Waals surface area contributed by atoms with Crippen LogP contribution in [0.25, 0.3) is 5.76 Å². The molecule has 32 heavy (non-hydrogen) atoms. The number of rotatable bonds is 8. The number of methoxy groups -OCH3 is 2. The van der Waals surface area contributed by atoms with E-state index in [1.807, 2.05) is 0 Å². The van der Waals surface area contributed by atoms with Crippen LogP contribution in [0.15, 0.2) is 42.0 Å². The average Bonchev–Trinajstić information content (AvgIpc) is 3.03. The van der Waals surface area contributed by atoms with Gasteiger partial charge in [0.1, 0.15) is 11.5 Å². The number of aliphatic hydroxyl groups excluding tert-OH is 1. The number of hydrogen-bond donors (Lipinski definition) is 2. The molecule has 0 radical (unpaired) electrons. The Morgan fingerprint density at radius 1 is 1.12 bits per heavy atom. The largest absolute Gasteiger partial charge is 0.507 e. The molecule has 0 spiro atoms. The highest BCUT2D eigenvalue weighted by atomic mass is 16.5. The van der Waals surface area contributed by atoms with E-state index in [4.69, 9.17) is 14.2 Å². The fraction of sp³-hybridized carbons (Fsp3) is 0.333. The van der Waals surface area contributed by atoms with Crippen molar-refractivity contribution in [2.24, 2.45) is 0 Å². The fourth-order valence-electron chi connectivity index (χ4n) is 3.79. The van der Waals surface area contributed by atoms with Crippen molar-refractivity contribution in [3.63, 3.8) is 0 Å². The molecule has 1 aliphatic rings. The first kappa shape index (κ1) is 23.1. The van der Waals surface area contributed by atoms with Crippen LogP contribution in [-0.4, -0.2) is 60.8 Å². The van der Waals surface area contributed by atoms with Crippen LogP contribution in [0.4, 0.5) is 0 Å². The van der Waals surface area contributed by atoms with Gasteiger partial charge in [0.15, 0.2) is 11.5 Å². The number of carbonyl (C=O) groups excluding carboxylic acids is 2. The summed E-state index contributed by atoms with van der Waals surface area (Å²) in [7, 11) is 3.04. The molecule has 2 aromatic carbocycles. The molecule has 2 N–H and O–H groups in total. The summed E-state index contributed by atoms with van der Waals surface area (Å²) in [5, 5.41) is 21.3. The first-order valence-corrected chi connectivity index (χ1v) is 10.2. The number of nitrogens with zero attached hydrogens (tertiary/aromatic N) is 1. The third-order valence-corrected chi connectivity index (χ3v) is 5.36. The first-order chi connectivity index (χ1) is 15.3. The van der Waals surface area contributed by atoms with Crippen molar-refractivity contribution < 1.29 is 34.0 Å². The highest BCUT2D eigenvalue weighted by Crippen LogP contribution is 2.42. The van der Waals surface area contributed by atoms with E-state index in [0.717, 1.165) is 0 Å². The molecule has 1 fully saturated rings. The summed E-state index contributed by atoms with van der Waals surface area (Å²) in [5.41, 5.74) is 1.59. The Kier molecular flexibility index (Phi) is 7.05. The topological polar surface area (TPSA) is 106 Å². The zero-order valence-electron chi connectivity index (χ0n) is 18.5. The zero-order valence-corrected chi connectivity index (χ0v) is 18.5. The van der Waals surface area contributed by atoms with Gasteiger partial charge in [-0.1, -0.05) is 6.07 Å². The lowest BCUT2D eigenvalue weighted by molar-refractivity contribution is -0.140. The van der Waals surface area contributed by atoms with Crippen molar-refractivity contribution in [1.82, 2.24) is 4.90 Å². The first-order valence-electron chi connectivity index (χ1n) is 10.2. The van der Waals surface area contributed by atoms with E-state index in [0.29, 0.717) is 29.0 Å². The normalized spacial score (nSPS) is 17.6. The molecule has 0 saturated carbocycles. The number of ether oxygens (including phenoxy) is 3. The molecule has 1 amide bonds. The molecule has 3 rings (SSSR count). The van der Waals surface area contributed by atoms with Gasteiger partial charge in [0.25, 0.3) is 11.7 Å². The van der Waals surface area contributed by atoms with Crippen LogP contribution in [-0.2, 0) is 14.3 Å². The third-order valence-electron chi connectivity index (χ3n) is 5.36. The minimum absolute atomic E-state index is 0.0347. The number of carbonyl (C=O) groups is 2. The Bertz CT molecular complexity index is 1060. The highest BCUT2D eigenvalue weighted by Gasteiger charge is 2.46. The number of aliphatic hydroxyl groups is 1. The quantitative estimate of drug-likeness (QED) is 0.368. The SMILES string of the molecule is CCOc1cc([C@@H]2/C(=C(\O)c3ccc(OC)cc3C)C(=O)C(=O)N2CCOC)ccc1O. The number of aryl methyl sites for hydroxylation is 1. The highest BCUT2D eigenvalue weighted by molar-refractivity contribution is 6.46. The molecule has 2 aromatic rings. The molecule has 1 heterocycles. The summed E-state index contributed by atoms with van der Waals surface area (Å²) < 4.78 is 15.8. The molecular weight excluding hydrogens is 414 g/mol. The van der Waals surface area contributed by atoms with Gasteiger partial charge in [-0.15, -0.1) is 0 Å². The maximum absolute atomic E-state index is 13.0. The maximum Gasteiger partial charge on any atom is 0.295 e. The molecule has 1 atom stereocenters. The summed E-state index contributed by atoms with van der Waals surface area (Å²) in [6.45, 7) is 4.24. The standard InChI is InChI=1S/C24H27NO7/c1-5-32-19-13-15(6-9-18(19)26)21-20(23(28)24(29)25(21)10-11-30-3)22(27)17-8-7-16(31-4)12-14(17)2/h6-9,12-13,21,26-27H,5,10-11H2,1-4H3/b22-20+/t21-/m1/s1. The third kappa shape index (κ3) is 4.27. The molecule has 170 valence electrons. The smallest absolute Gasteiger partial charge is 0.295 e. The summed E-state index contributed by atoms with van der Waals surface area (Å²) >= 11 is 0. The number of ketones is 1. The molecule has 1 aliphatic heterocycles. The summed E-state index contributed by atoms with van der Waals surface area (Å²) in [6.07, 6.45) is 0. The van der Waals surface area contributed by atoms with Crippen molar-refractivity contribution >= 4 is 17.4 Å². The number of phenols is 1. The molecule has 0 bridgehead atoms. The Balaban J connectivity index is 2.20. The number of Topliss-reactive ketones (excluding diaryl/α,β-unsaturated/α-hetero) is 1. The van der Waals surface area contributed by atoms with Gasteiger partial charge in [-0.2, -0.15) is 0 Å². The Labute approximate surface area is 186 Å². The number of benzene rings is 2. The lowest BCUT2D eigenvalue weighted by Crippen LogP contribution is -2.32. The second kappa shape index (κ2) is 9.74. The van der Waals surface area contributed by atoms with E-state index < -0.39 is 17.7 Å². The van der Waals surface area contributed by atoms with Crippen LogP contribution in [0.5, 0.6) is 17.2 Å². The zero-order chi connectivity index (χ0) is 23.4. The van der Waals surface area contributed by atoms with Crippen molar-refractivity contribution in [2.45, 2.75) is 19.9 Å². The van der Waals surface area contributed by atoms with Gasteiger partial charge >= 0.3 is 0 Å². The molecule has 0 aliphatic carbocycles. The van der Waals surface area contributed by atoms with Crippen molar-refractivity contribution in [3.8, 4) is 17.2 Å². The lowest BCUT2D eigenvalue weighted by atomic mass is 9.93. The number of aromatic hydroxyl groups is 1. The van der Waals surface area contributed by atoms with Crippen molar-refractivity contribution in [1.29, 1.82) is 0 Å². The number of phenolic OH excluding ortho intramolecular Hbond substituents is 1. The summed E-state index contributed by atoms with van der Waals surface area (Å²) in [6, 6.07) is 8.79. The number of amides is 1. The summed E-state index contributed by atoms with van der Waals surface area (Å²) in [4.78, 5) is 27.3. The molecule has 8 heteroatoms. The lowest BCUT2D eigenvalue weighted by Gasteiger charge is -2.25. The van der Waals surface area contributed by atoms with Crippen LogP contribution in [0.2, 0.25) is 0 Å². The summed E-state index contributed by atoms with van der Waals surface area (Å²) in [5.74, 6) is -1.02. The van der Waals surface area contributed by atoms with E-state index in [9.17, 15) is 19.8 Å². The van der Waals surface area contributed by atoms with Crippen molar-refractivity contribution in [3.05, 3.63) is 58.7 Å². The Morgan fingerprint density at radius 2 is 1.88 bits per heavy atom.